The number of carbonyl (C=O) groups is 1. The Labute approximate surface area is 108 Å². The molecule has 18 heavy (non-hydrogen) atoms. The van der Waals surface area contributed by atoms with E-state index in [-0.39, 0.29) is 18.3 Å². The lowest BCUT2D eigenvalue weighted by molar-refractivity contribution is 0.0864. The van der Waals surface area contributed by atoms with Crippen molar-refractivity contribution in [3.05, 3.63) is 17.7 Å². The van der Waals surface area contributed by atoms with Crippen molar-refractivity contribution in [1.82, 2.24) is 9.55 Å². The molecule has 0 saturated carbocycles. The van der Waals surface area contributed by atoms with Gasteiger partial charge >= 0.3 is 0 Å². The van der Waals surface area contributed by atoms with E-state index in [2.05, 4.69) is 24.6 Å². The Hall–Kier alpha value is -1.45. The highest BCUT2D eigenvalue weighted by Gasteiger charge is 2.13. The number of ether oxygens (including phenoxy) is 1. The Kier molecular flexibility index (Phi) is 4.82. The molecule has 1 aromatic rings. The fourth-order valence-electron chi connectivity index (χ4n) is 1.31. The molecule has 0 fully saturated rings. The van der Waals surface area contributed by atoms with E-state index in [1.54, 1.807) is 10.8 Å². The highest BCUT2D eigenvalue weighted by molar-refractivity contribution is 6.76. The maximum absolute atomic E-state index is 11.2. The van der Waals surface area contributed by atoms with Gasteiger partial charge in [0.1, 0.15) is 18.5 Å². The molecule has 0 aromatic carbocycles. The van der Waals surface area contributed by atoms with Gasteiger partial charge in [0.25, 0.3) is 0 Å². The first-order valence-corrected chi connectivity index (χ1v) is 9.60. The Bertz CT molecular complexity index is 469. The molecule has 0 aliphatic heterocycles. The fourth-order valence-corrected chi connectivity index (χ4v) is 2.07. The minimum atomic E-state index is -1.10. The van der Waals surface area contributed by atoms with Gasteiger partial charge < -0.3 is 4.74 Å². The van der Waals surface area contributed by atoms with Gasteiger partial charge in [0.05, 0.1) is 0 Å². The second kappa shape index (κ2) is 5.93. The molecule has 0 amide bonds. The monoisotopic (exact) mass is 265 g/mol. The summed E-state index contributed by atoms with van der Waals surface area (Å²) in [6.07, 6.45) is 1.56. The van der Waals surface area contributed by atoms with Crippen molar-refractivity contribution in [2.75, 3.05) is 6.61 Å². The van der Waals surface area contributed by atoms with Crippen LogP contribution < -0.4 is 0 Å². The first-order chi connectivity index (χ1) is 8.33. The van der Waals surface area contributed by atoms with Crippen molar-refractivity contribution in [2.24, 2.45) is 0 Å². The average Bonchev–Trinajstić information content (AvgIpc) is 2.66. The standard InChI is InChI=1S/C12H19N3O2Si/c1-10(16)11-8-15(12(7-13)14-11)9-17-5-6-18(2,3)4/h8H,5-6,9H2,1-4H3. The third-order valence-corrected chi connectivity index (χ3v) is 4.17. The molecule has 0 unspecified atom stereocenters. The molecule has 0 aliphatic carbocycles. The highest BCUT2D eigenvalue weighted by Crippen LogP contribution is 2.09. The van der Waals surface area contributed by atoms with Crippen molar-refractivity contribution >= 4 is 13.9 Å². The van der Waals surface area contributed by atoms with E-state index in [0.717, 1.165) is 6.04 Å². The van der Waals surface area contributed by atoms with E-state index in [9.17, 15) is 4.79 Å². The Balaban J connectivity index is 2.57. The molecule has 1 aromatic heterocycles. The van der Waals surface area contributed by atoms with Gasteiger partial charge in [-0.2, -0.15) is 5.26 Å². The molecule has 0 radical (unpaired) electrons. The van der Waals surface area contributed by atoms with E-state index in [1.165, 1.54) is 6.92 Å². The summed E-state index contributed by atoms with van der Waals surface area (Å²) >= 11 is 0. The van der Waals surface area contributed by atoms with Crippen LogP contribution >= 0.6 is 0 Å². The molecule has 5 nitrogen and oxygen atoms in total. The van der Waals surface area contributed by atoms with Gasteiger partial charge in [-0.05, 0) is 6.04 Å². The molecule has 1 heterocycles. The van der Waals surface area contributed by atoms with Crippen LogP contribution in [0.5, 0.6) is 0 Å². The van der Waals surface area contributed by atoms with E-state index in [1.807, 2.05) is 6.07 Å². The van der Waals surface area contributed by atoms with Crippen LogP contribution in [0.2, 0.25) is 25.7 Å². The van der Waals surface area contributed by atoms with Gasteiger partial charge in [0.2, 0.25) is 5.82 Å². The lowest BCUT2D eigenvalue weighted by Crippen LogP contribution is -2.22. The molecule has 6 heteroatoms. The number of Topliss-reactive ketones (excluding diaryl/α,β-unsaturated/α-hetero) is 1. The second-order valence-corrected chi connectivity index (χ2v) is 11.1. The number of nitriles is 1. The quantitative estimate of drug-likeness (QED) is 0.449. The number of nitrogens with zero attached hydrogens (tertiary/aromatic N) is 3. The van der Waals surface area contributed by atoms with Crippen LogP contribution in [0.15, 0.2) is 6.20 Å². The lowest BCUT2D eigenvalue weighted by atomic mass is 10.3. The van der Waals surface area contributed by atoms with Gasteiger partial charge in [-0.15, -0.1) is 0 Å². The van der Waals surface area contributed by atoms with Crippen LogP contribution in [-0.4, -0.2) is 30.0 Å². The first-order valence-electron chi connectivity index (χ1n) is 5.89. The first kappa shape index (κ1) is 14.6. The molecule has 0 saturated heterocycles. The topological polar surface area (TPSA) is 67.9 Å². The van der Waals surface area contributed by atoms with E-state index in [0.29, 0.717) is 12.3 Å². The van der Waals surface area contributed by atoms with Crippen LogP contribution in [0.4, 0.5) is 0 Å². The number of hydrogen-bond donors (Lipinski definition) is 0. The number of carbonyl (C=O) groups excluding carboxylic acids is 1. The van der Waals surface area contributed by atoms with Crippen LogP contribution in [0.25, 0.3) is 0 Å². The molecule has 0 spiro atoms. The minimum absolute atomic E-state index is 0.146. The molecule has 0 N–H and O–H groups in total. The molecule has 0 atom stereocenters. The number of rotatable bonds is 6. The molecular weight excluding hydrogens is 246 g/mol. The van der Waals surface area contributed by atoms with Crippen LogP contribution in [0, 0.1) is 11.3 Å². The fraction of sp³-hybridized carbons (Fsp3) is 0.583. The summed E-state index contributed by atoms with van der Waals surface area (Å²) in [6, 6.07) is 3.03. The van der Waals surface area contributed by atoms with Crippen molar-refractivity contribution in [2.45, 2.75) is 39.3 Å². The zero-order valence-electron chi connectivity index (χ0n) is 11.4. The third-order valence-electron chi connectivity index (χ3n) is 2.46. The van der Waals surface area contributed by atoms with Crippen molar-refractivity contribution < 1.29 is 9.53 Å². The largest absolute Gasteiger partial charge is 0.361 e. The predicted molar refractivity (Wildman–Crippen MR) is 71.1 cm³/mol. The van der Waals surface area contributed by atoms with E-state index >= 15 is 0 Å². The maximum atomic E-state index is 11.2. The summed E-state index contributed by atoms with van der Waals surface area (Å²) in [6.45, 7) is 9.22. The van der Waals surface area contributed by atoms with Crippen LogP contribution in [0.3, 0.4) is 0 Å². The summed E-state index contributed by atoms with van der Waals surface area (Å²) in [4.78, 5) is 15.1. The number of hydrogen-bond acceptors (Lipinski definition) is 4. The van der Waals surface area contributed by atoms with E-state index in [4.69, 9.17) is 10.00 Å². The van der Waals surface area contributed by atoms with Crippen molar-refractivity contribution in [3.8, 4) is 6.07 Å². The maximum Gasteiger partial charge on any atom is 0.215 e. The average molecular weight is 265 g/mol. The number of ketones is 1. The Morgan fingerprint density at radius 3 is 2.72 bits per heavy atom. The van der Waals surface area contributed by atoms with Crippen LogP contribution in [-0.2, 0) is 11.5 Å². The molecule has 98 valence electrons. The summed E-state index contributed by atoms with van der Waals surface area (Å²) in [5.74, 6) is 0.0700. The van der Waals surface area contributed by atoms with Gasteiger partial charge in [0.15, 0.2) is 5.78 Å². The Morgan fingerprint density at radius 1 is 1.56 bits per heavy atom. The zero-order valence-corrected chi connectivity index (χ0v) is 12.4. The smallest absolute Gasteiger partial charge is 0.215 e. The summed E-state index contributed by atoms with van der Waals surface area (Å²) in [7, 11) is -1.10. The predicted octanol–water partition coefficient (Wildman–Crippen LogP) is 2.27. The summed E-state index contributed by atoms with van der Waals surface area (Å²) < 4.78 is 7.10. The minimum Gasteiger partial charge on any atom is -0.361 e. The van der Waals surface area contributed by atoms with Gasteiger partial charge in [-0.1, -0.05) is 19.6 Å². The van der Waals surface area contributed by atoms with E-state index < -0.39 is 8.07 Å². The molecule has 1 rings (SSSR count). The lowest BCUT2D eigenvalue weighted by Gasteiger charge is -2.15. The summed E-state index contributed by atoms with van der Waals surface area (Å²) in [5, 5.41) is 8.91. The normalized spacial score (nSPS) is 11.3. The number of imidazole rings is 1. The second-order valence-electron chi connectivity index (χ2n) is 5.44. The van der Waals surface area contributed by atoms with Gasteiger partial charge in [-0.3, -0.25) is 9.36 Å². The zero-order chi connectivity index (χ0) is 13.8. The van der Waals surface area contributed by atoms with Gasteiger partial charge in [0, 0.05) is 27.8 Å². The molecular formula is C12H19N3O2Si. The van der Waals surface area contributed by atoms with Gasteiger partial charge in [-0.25, -0.2) is 4.98 Å². The Morgan fingerprint density at radius 2 is 2.22 bits per heavy atom. The molecule has 0 aliphatic rings. The number of aromatic nitrogens is 2. The third kappa shape index (κ3) is 4.43. The van der Waals surface area contributed by atoms with Crippen molar-refractivity contribution in [3.63, 3.8) is 0 Å². The van der Waals surface area contributed by atoms with Crippen molar-refractivity contribution in [1.29, 1.82) is 5.26 Å². The van der Waals surface area contributed by atoms with Crippen LogP contribution in [0.1, 0.15) is 23.2 Å². The SMILES string of the molecule is CC(=O)c1cn(COCC[Si](C)(C)C)c(C#N)n1. The highest BCUT2D eigenvalue weighted by atomic mass is 28.3. The summed E-state index contributed by atoms with van der Waals surface area (Å²) in [5.41, 5.74) is 0.306. The molecule has 0 bridgehead atoms.